The van der Waals surface area contributed by atoms with Crippen molar-refractivity contribution in [2.24, 2.45) is 0 Å². The van der Waals surface area contributed by atoms with E-state index in [1.165, 1.54) is 26.7 Å². The monoisotopic (exact) mass is 444 g/mol. The predicted octanol–water partition coefficient (Wildman–Crippen LogP) is 3.61. The first-order chi connectivity index (χ1) is 13.5. The Hall–Kier alpha value is -1.65. The Balaban J connectivity index is 0.00000240. The first-order valence-electron chi connectivity index (χ1n) is 9.72. The molecule has 0 bridgehead atoms. The maximum Gasteiger partial charge on any atom is 0.104 e. The molecule has 3 aromatic carbocycles. The fraction of sp³-hybridized carbons (Fsp3) is 0.250. The van der Waals surface area contributed by atoms with Crippen LogP contribution in [-0.2, 0) is 6.54 Å². The number of quaternary nitrogens is 1. The molecule has 152 valence electrons. The van der Waals surface area contributed by atoms with Crippen molar-refractivity contribution in [3.05, 3.63) is 83.4 Å². The highest BCUT2D eigenvalue weighted by Crippen LogP contribution is 2.48. The Morgan fingerprint density at radius 2 is 1.55 bits per heavy atom. The molecule has 0 saturated carbocycles. The van der Waals surface area contributed by atoms with E-state index in [1.54, 1.807) is 0 Å². The number of anilines is 2. The van der Waals surface area contributed by atoms with E-state index in [1.807, 2.05) is 17.8 Å². The van der Waals surface area contributed by atoms with Crippen LogP contribution in [0.4, 0.5) is 11.4 Å². The van der Waals surface area contributed by atoms with Crippen molar-refractivity contribution in [3.63, 3.8) is 0 Å². The van der Waals surface area contributed by atoms with Crippen LogP contribution in [0, 0.1) is 0 Å². The van der Waals surface area contributed by atoms with Crippen LogP contribution in [-0.4, -0.2) is 31.7 Å². The first-order valence-corrected chi connectivity index (χ1v) is 10.9. The van der Waals surface area contributed by atoms with Crippen LogP contribution in [0.15, 0.2) is 82.6 Å². The van der Waals surface area contributed by atoms with Gasteiger partial charge in [-0.1, -0.05) is 65.8 Å². The lowest BCUT2D eigenvalue weighted by molar-refractivity contribution is -0.903. The zero-order chi connectivity index (χ0) is 19.6. The summed E-state index contributed by atoms with van der Waals surface area (Å²) in [5.74, 6) is 0. The summed E-state index contributed by atoms with van der Waals surface area (Å²) in [6.07, 6.45) is 1.12. The highest BCUT2D eigenvalue weighted by atomic mass is 35.5. The summed E-state index contributed by atoms with van der Waals surface area (Å²) in [5, 5.41) is 0.795. The molecule has 1 aliphatic heterocycles. The Kier molecular flexibility index (Phi) is 7.18. The number of para-hydroxylation sites is 1. The summed E-state index contributed by atoms with van der Waals surface area (Å²) in [6.45, 7) is 3.16. The fourth-order valence-electron chi connectivity index (χ4n) is 3.86. The normalized spacial score (nSPS) is 12.7. The molecule has 5 heteroatoms. The summed E-state index contributed by atoms with van der Waals surface area (Å²) in [6, 6.07) is 25.7. The maximum absolute atomic E-state index is 6.33. The topological polar surface area (TPSA) is 3.24 Å². The third kappa shape index (κ3) is 5.29. The van der Waals surface area contributed by atoms with Gasteiger partial charge in [0.2, 0.25) is 0 Å². The van der Waals surface area contributed by atoms with Gasteiger partial charge in [-0.05, 0) is 30.3 Å². The van der Waals surface area contributed by atoms with E-state index >= 15 is 0 Å². The standard InChI is InChI=1S/C24H26ClN2S.ClH/c1-27(2,18-19-9-4-3-5-10-19)16-8-15-26-21-11-6-7-12-23(21)28-24-14-13-20(25)17-22(24)26;/h3-7,9-14,17H,8,15-16,18H2,1-2H3;1H/q+1;/p-1. The Labute approximate surface area is 189 Å². The SMILES string of the molecule is C[N+](C)(CCCN1c2ccccc2Sc2ccc(Cl)cc21)Cc1ccccc1.[Cl-]. The molecular formula is C24H26Cl2N2S. The first kappa shape index (κ1) is 22.0. The molecule has 2 nitrogen and oxygen atoms in total. The molecule has 4 rings (SSSR count). The minimum absolute atomic E-state index is 0. The molecule has 0 unspecified atom stereocenters. The number of halogens is 2. The van der Waals surface area contributed by atoms with Crippen LogP contribution in [0.25, 0.3) is 0 Å². The number of nitrogens with zero attached hydrogens (tertiary/aromatic N) is 2. The minimum atomic E-state index is 0. The number of hydrogen-bond donors (Lipinski definition) is 0. The molecule has 1 heterocycles. The van der Waals surface area contributed by atoms with Crippen LogP contribution in [0.1, 0.15) is 12.0 Å². The Morgan fingerprint density at radius 3 is 2.34 bits per heavy atom. The largest absolute Gasteiger partial charge is 1.00 e. The van der Waals surface area contributed by atoms with Gasteiger partial charge in [-0.3, -0.25) is 0 Å². The smallest absolute Gasteiger partial charge is 0.104 e. The van der Waals surface area contributed by atoms with Crippen LogP contribution in [0.3, 0.4) is 0 Å². The van der Waals surface area contributed by atoms with Crippen LogP contribution >= 0.6 is 23.4 Å². The molecule has 0 saturated heterocycles. The van der Waals surface area contributed by atoms with Gasteiger partial charge in [0.15, 0.2) is 0 Å². The van der Waals surface area contributed by atoms with E-state index in [2.05, 4.69) is 85.7 Å². The summed E-state index contributed by atoms with van der Waals surface area (Å²) < 4.78 is 0.983. The van der Waals surface area contributed by atoms with Gasteiger partial charge in [0.25, 0.3) is 0 Å². The van der Waals surface area contributed by atoms with E-state index in [0.29, 0.717) is 0 Å². The molecular weight excluding hydrogens is 419 g/mol. The molecule has 1 aliphatic rings. The van der Waals surface area contributed by atoms with E-state index in [9.17, 15) is 0 Å². The molecule has 0 fully saturated rings. The average molecular weight is 445 g/mol. The Bertz CT molecular complexity index is 960. The minimum Gasteiger partial charge on any atom is -1.00 e. The van der Waals surface area contributed by atoms with Crippen LogP contribution < -0.4 is 17.3 Å². The lowest BCUT2D eigenvalue weighted by atomic mass is 10.1. The predicted molar refractivity (Wildman–Crippen MR) is 121 cm³/mol. The van der Waals surface area contributed by atoms with Gasteiger partial charge >= 0.3 is 0 Å². The van der Waals surface area contributed by atoms with Crippen LogP contribution in [0.2, 0.25) is 5.02 Å². The van der Waals surface area contributed by atoms with E-state index in [0.717, 1.165) is 35.6 Å². The zero-order valence-electron chi connectivity index (χ0n) is 16.8. The third-order valence-electron chi connectivity index (χ3n) is 5.19. The maximum atomic E-state index is 6.33. The lowest BCUT2D eigenvalue weighted by Gasteiger charge is -2.35. The van der Waals surface area contributed by atoms with Crippen molar-refractivity contribution in [1.29, 1.82) is 0 Å². The molecule has 0 N–H and O–H groups in total. The fourth-order valence-corrected chi connectivity index (χ4v) is 5.10. The van der Waals surface area contributed by atoms with Gasteiger partial charge in [0, 0.05) is 33.3 Å². The van der Waals surface area contributed by atoms with Crippen molar-refractivity contribution in [2.45, 2.75) is 22.8 Å². The number of benzene rings is 3. The molecule has 29 heavy (non-hydrogen) atoms. The highest BCUT2D eigenvalue weighted by molar-refractivity contribution is 7.99. The van der Waals surface area contributed by atoms with E-state index < -0.39 is 0 Å². The second-order valence-electron chi connectivity index (χ2n) is 7.99. The van der Waals surface area contributed by atoms with Crippen molar-refractivity contribution < 1.29 is 16.9 Å². The Morgan fingerprint density at radius 1 is 0.862 bits per heavy atom. The van der Waals surface area contributed by atoms with Gasteiger partial charge in [0.1, 0.15) is 6.54 Å². The molecule has 0 aliphatic carbocycles. The number of fused-ring (bicyclic) bond motifs is 2. The summed E-state index contributed by atoms with van der Waals surface area (Å²) >= 11 is 8.16. The molecule has 0 aromatic heterocycles. The molecule has 0 spiro atoms. The van der Waals surface area contributed by atoms with Gasteiger partial charge in [-0.25, -0.2) is 0 Å². The quantitative estimate of drug-likeness (QED) is 0.534. The van der Waals surface area contributed by atoms with Crippen molar-refractivity contribution in [1.82, 2.24) is 0 Å². The zero-order valence-corrected chi connectivity index (χ0v) is 19.1. The molecule has 3 aromatic rings. The van der Waals surface area contributed by atoms with E-state index in [-0.39, 0.29) is 12.4 Å². The molecule has 0 atom stereocenters. The number of rotatable bonds is 6. The van der Waals surface area contributed by atoms with Gasteiger partial charge < -0.3 is 21.8 Å². The van der Waals surface area contributed by atoms with Crippen molar-refractivity contribution >= 4 is 34.7 Å². The van der Waals surface area contributed by atoms with Crippen molar-refractivity contribution in [2.75, 3.05) is 32.1 Å². The average Bonchev–Trinajstić information content (AvgIpc) is 2.68. The highest BCUT2D eigenvalue weighted by Gasteiger charge is 2.24. The third-order valence-corrected chi connectivity index (χ3v) is 6.55. The summed E-state index contributed by atoms with van der Waals surface area (Å²) in [5.41, 5.74) is 3.91. The van der Waals surface area contributed by atoms with Gasteiger partial charge in [-0.2, -0.15) is 0 Å². The lowest BCUT2D eigenvalue weighted by Crippen LogP contribution is -3.00. The van der Waals surface area contributed by atoms with E-state index in [4.69, 9.17) is 11.6 Å². The van der Waals surface area contributed by atoms with Gasteiger partial charge in [0.05, 0.1) is 32.0 Å². The second kappa shape index (κ2) is 9.44. The van der Waals surface area contributed by atoms with Crippen LogP contribution in [0.5, 0.6) is 0 Å². The van der Waals surface area contributed by atoms with Gasteiger partial charge in [-0.15, -0.1) is 0 Å². The summed E-state index contributed by atoms with van der Waals surface area (Å²) in [7, 11) is 4.63. The van der Waals surface area contributed by atoms with Crippen molar-refractivity contribution in [3.8, 4) is 0 Å². The molecule has 0 radical (unpaired) electrons. The second-order valence-corrected chi connectivity index (χ2v) is 9.51. The number of hydrogen-bond acceptors (Lipinski definition) is 2. The summed E-state index contributed by atoms with van der Waals surface area (Å²) in [4.78, 5) is 5.03. The molecule has 0 amide bonds.